The highest BCUT2D eigenvalue weighted by Gasteiger charge is 2.15. The third-order valence-corrected chi connectivity index (χ3v) is 3.54. The number of carbonyl (C=O) groups excluding carboxylic acids is 2. The third-order valence-electron chi connectivity index (χ3n) is 3.54. The van der Waals surface area contributed by atoms with Gasteiger partial charge in [0, 0.05) is 7.05 Å². The summed E-state index contributed by atoms with van der Waals surface area (Å²) < 4.78 is 4.55. The van der Waals surface area contributed by atoms with Crippen LogP contribution in [-0.2, 0) is 33.6 Å². The van der Waals surface area contributed by atoms with Crippen molar-refractivity contribution in [2.24, 2.45) is 0 Å². The molecule has 0 radical (unpaired) electrons. The van der Waals surface area contributed by atoms with Gasteiger partial charge in [-0.25, -0.2) is 0 Å². The van der Waals surface area contributed by atoms with Crippen LogP contribution in [0.3, 0.4) is 0 Å². The molecule has 0 aliphatic heterocycles. The molecule has 2 rings (SSSR count). The Kier molecular flexibility index (Phi) is 4.20. The maximum Gasteiger partial charge on any atom is 0.325 e. The van der Waals surface area contributed by atoms with Gasteiger partial charge in [0.15, 0.2) is 0 Å². The molecule has 1 aromatic carbocycles. The van der Waals surface area contributed by atoms with Crippen molar-refractivity contribution in [1.29, 1.82) is 0 Å². The van der Waals surface area contributed by atoms with Crippen LogP contribution in [0, 0.1) is 0 Å². The van der Waals surface area contributed by atoms with E-state index in [1.165, 1.54) is 29.6 Å². The zero-order valence-corrected chi connectivity index (χ0v) is 11.4. The number of ether oxygens (including phenoxy) is 1. The second-order valence-corrected chi connectivity index (χ2v) is 4.96. The number of rotatable bonds is 4. The lowest BCUT2D eigenvalue weighted by Gasteiger charge is -2.15. The van der Waals surface area contributed by atoms with Crippen LogP contribution in [0.5, 0.6) is 0 Å². The number of benzene rings is 1. The molecule has 1 amide bonds. The van der Waals surface area contributed by atoms with Crippen molar-refractivity contribution in [3.8, 4) is 0 Å². The van der Waals surface area contributed by atoms with Crippen LogP contribution in [0.15, 0.2) is 18.2 Å². The largest absolute Gasteiger partial charge is 0.468 e. The molecule has 1 aliphatic rings. The van der Waals surface area contributed by atoms with E-state index in [1.54, 1.807) is 7.05 Å². The Hall–Kier alpha value is -1.84. The van der Waals surface area contributed by atoms with Crippen LogP contribution in [0.4, 0.5) is 0 Å². The number of carbonyl (C=O) groups is 2. The summed E-state index contributed by atoms with van der Waals surface area (Å²) in [5.74, 6) is -0.465. The molecule has 0 fully saturated rings. The molecule has 0 unspecified atom stereocenters. The van der Waals surface area contributed by atoms with E-state index in [-0.39, 0.29) is 12.5 Å². The summed E-state index contributed by atoms with van der Waals surface area (Å²) in [7, 11) is 2.94. The van der Waals surface area contributed by atoms with Gasteiger partial charge < -0.3 is 9.64 Å². The molecule has 0 spiro atoms. The minimum absolute atomic E-state index is 0.000272. The number of esters is 1. The van der Waals surface area contributed by atoms with Crippen LogP contribution in [0.1, 0.15) is 23.1 Å². The van der Waals surface area contributed by atoms with Crippen LogP contribution in [-0.4, -0.2) is 37.5 Å². The first-order valence-corrected chi connectivity index (χ1v) is 6.51. The highest BCUT2D eigenvalue weighted by molar-refractivity contribution is 5.83. The van der Waals surface area contributed by atoms with E-state index in [2.05, 4.69) is 16.9 Å². The van der Waals surface area contributed by atoms with Gasteiger partial charge in [-0.2, -0.15) is 0 Å². The van der Waals surface area contributed by atoms with E-state index < -0.39 is 5.97 Å². The first-order chi connectivity index (χ1) is 9.10. The Morgan fingerprint density at radius 1 is 1.26 bits per heavy atom. The van der Waals surface area contributed by atoms with Crippen molar-refractivity contribution in [2.45, 2.75) is 25.7 Å². The van der Waals surface area contributed by atoms with E-state index in [4.69, 9.17) is 0 Å². The highest BCUT2D eigenvalue weighted by Crippen LogP contribution is 2.23. The quantitative estimate of drug-likeness (QED) is 0.769. The summed E-state index contributed by atoms with van der Waals surface area (Å²) in [6.07, 6.45) is 3.79. The predicted molar refractivity (Wildman–Crippen MR) is 71.8 cm³/mol. The van der Waals surface area contributed by atoms with Gasteiger partial charge in [0.25, 0.3) is 0 Å². The molecule has 0 aromatic heterocycles. The average Bonchev–Trinajstić information content (AvgIpc) is 2.85. The molecule has 1 aromatic rings. The second-order valence-electron chi connectivity index (χ2n) is 4.96. The van der Waals surface area contributed by atoms with Crippen molar-refractivity contribution in [2.75, 3.05) is 20.7 Å². The summed E-state index contributed by atoms with van der Waals surface area (Å²) >= 11 is 0. The summed E-state index contributed by atoms with van der Waals surface area (Å²) in [4.78, 5) is 24.5. The van der Waals surface area contributed by atoms with Gasteiger partial charge in [0.1, 0.15) is 6.54 Å². The summed E-state index contributed by atoms with van der Waals surface area (Å²) in [5.41, 5.74) is 3.78. The van der Waals surface area contributed by atoms with Crippen LogP contribution in [0.25, 0.3) is 0 Å². The molecule has 0 bridgehead atoms. The SMILES string of the molecule is COC(=O)CN(C)C(=O)Cc1ccc2c(c1)CCC2. The average molecular weight is 261 g/mol. The molecule has 4 heteroatoms. The molecular formula is C15H19NO3. The van der Waals surface area contributed by atoms with Crippen molar-refractivity contribution in [3.05, 3.63) is 34.9 Å². The van der Waals surface area contributed by atoms with Crippen molar-refractivity contribution < 1.29 is 14.3 Å². The number of likely N-dealkylation sites (N-methyl/N-ethyl adjacent to an activating group) is 1. The van der Waals surface area contributed by atoms with Crippen molar-refractivity contribution >= 4 is 11.9 Å². The number of methoxy groups -OCH3 is 1. The summed E-state index contributed by atoms with van der Waals surface area (Å²) in [6.45, 7) is 0.000272. The third kappa shape index (κ3) is 3.34. The molecule has 0 atom stereocenters. The number of hydrogen-bond acceptors (Lipinski definition) is 3. The van der Waals surface area contributed by atoms with Gasteiger partial charge in [0.05, 0.1) is 13.5 Å². The number of amides is 1. The van der Waals surface area contributed by atoms with Crippen molar-refractivity contribution in [1.82, 2.24) is 4.90 Å². The molecule has 0 heterocycles. The lowest BCUT2D eigenvalue weighted by molar-refractivity contribution is -0.145. The van der Waals surface area contributed by atoms with Gasteiger partial charge in [-0.3, -0.25) is 9.59 Å². The van der Waals surface area contributed by atoms with Gasteiger partial charge in [-0.1, -0.05) is 18.2 Å². The molecule has 19 heavy (non-hydrogen) atoms. The summed E-state index contributed by atoms with van der Waals surface area (Å²) in [5, 5.41) is 0. The number of nitrogens with zero attached hydrogens (tertiary/aromatic N) is 1. The smallest absolute Gasteiger partial charge is 0.325 e. The summed E-state index contributed by atoms with van der Waals surface area (Å²) in [6, 6.07) is 6.24. The van der Waals surface area contributed by atoms with Crippen LogP contribution < -0.4 is 0 Å². The highest BCUT2D eigenvalue weighted by atomic mass is 16.5. The van der Waals surface area contributed by atoms with E-state index >= 15 is 0 Å². The molecule has 4 nitrogen and oxygen atoms in total. The van der Waals surface area contributed by atoms with Gasteiger partial charge >= 0.3 is 5.97 Å². The zero-order valence-electron chi connectivity index (χ0n) is 11.4. The molecule has 1 aliphatic carbocycles. The maximum atomic E-state index is 12.0. The second kappa shape index (κ2) is 5.87. The first-order valence-electron chi connectivity index (χ1n) is 6.51. The molecule has 102 valence electrons. The minimum Gasteiger partial charge on any atom is -0.468 e. The van der Waals surface area contributed by atoms with Gasteiger partial charge in [-0.15, -0.1) is 0 Å². The lowest BCUT2D eigenvalue weighted by atomic mass is 10.0. The lowest BCUT2D eigenvalue weighted by Crippen LogP contribution is -2.33. The monoisotopic (exact) mass is 261 g/mol. The Balaban J connectivity index is 1.97. The fourth-order valence-corrected chi connectivity index (χ4v) is 2.39. The fourth-order valence-electron chi connectivity index (χ4n) is 2.39. The molecule has 0 saturated carbocycles. The topological polar surface area (TPSA) is 46.6 Å². The van der Waals surface area contributed by atoms with Crippen LogP contribution in [0.2, 0.25) is 0 Å². The van der Waals surface area contributed by atoms with Crippen LogP contribution >= 0.6 is 0 Å². The predicted octanol–water partition coefficient (Wildman–Crippen LogP) is 1.35. The normalized spacial score (nSPS) is 12.9. The molecule has 0 N–H and O–H groups in total. The van der Waals surface area contributed by atoms with Gasteiger partial charge in [-0.05, 0) is 36.0 Å². The Morgan fingerprint density at radius 3 is 2.74 bits per heavy atom. The first kappa shape index (κ1) is 13.6. The van der Waals surface area contributed by atoms with E-state index in [0.717, 1.165) is 18.4 Å². The van der Waals surface area contributed by atoms with E-state index in [9.17, 15) is 9.59 Å². The van der Waals surface area contributed by atoms with E-state index in [1.807, 2.05) is 6.07 Å². The maximum absolute atomic E-state index is 12.0. The minimum atomic E-state index is -0.398. The fraction of sp³-hybridized carbons (Fsp3) is 0.467. The Bertz CT molecular complexity index is 496. The number of aryl methyl sites for hydroxylation is 2. The van der Waals surface area contributed by atoms with Crippen molar-refractivity contribution in [3.63, 3.8) is 0 Å². The Morgan fingerprint density at radius 2 is 2.00 bits per heavy atom. The Labute approximate surface area is 113 Å². The van der Waals surface area contributed by atoms with E-state index in [0.29, 0.717) is 6.42 Å². The zero-order chi connectivity index (χ0) is 13.8. The standard InChI is InChI=1S/C15H19NO3/c1-16(10-15(18)19-2)14(17)9-11-6-7-12-4-3-5-13(12)8-11/h6-8H,3-5,9-10H2,1-2H3. The number of hydrogen-bond donors (Lipinski definition) is 0. The van der Waals surface area contributed by atoms with Gasteiger partial charge in [0.2, 0.25) is 5.91 Å². The molecular weight excluding hydrogens is 242 g/mol. The number of fused-ring (bicyclic) bond motifs is 1. The molecule has 0 saturated heterocycles.